The molecule has 58 heavy (non-hydrogen) atoms. The number of hydrogen-bond acceptors (Lipinski definition) is 0. The average Bonchev–Trinajstić information content (AvgIpc) is 3.87. The molecule has 0 fully saturated rings. The second kappa shape index (κ2) is 17.1. The van der Waals surface area contributed by atoms with E-state index in [1.807, 2.05) is 27.7 Å². The molecular weight excluding hydrogens is 697 g/mol. The molecule has 0 aromatic heterocycles. The highest BCUT2D eigenvalue weighted by molar-refractivity contribution is 5.99. The van der Waals surface area contributed by atoms with Crippen molar-refractivity contribution in [2.45, 2.75) is 113 Å². The van der Waals surface area contributed by atoms with E-state index in [0.717, 1.165) is 19.3 Å². The Balaban J connectivity index is 0.000000324. The number of rotatable bonds is 4. The van der Waals surface area contributed by atoms with Crippen LogP contribution in [0.15, 0.2) is 140 Å². The third kappa shape index (κ3) is 7.45. The Labute approximate surface area is 352 Å². The summed E-state index contributed by atoms with van der Waals surface area (Å²) < 4.78 is 0. The molecule has 0 nitrogen and oxygen atoms in total. The molecule has 300 valence electrons. The van der Waals surface area contributed by atoms with Crippen molar-refractivity contribution in [1.29, 1.82) is 0 Å². The standard InChI is InChI=1S/C43H40.C11H16.2C2H6/c1-6-13-31(42(3,4)5)22-21-30-25-39-41(35-26-34-27(2)20-23-32(34)40(30)35)33-16-9-12-19-38(33)43(39)36-17-10-7-14-28(36)24-29-15-8-11-18-37(29)43;1-9-5-7-10(8-6-9)11(2,3)4;2*1-2/h6-12,14-23,25,27,31H,1,13,24,26H2,2-5H3;5-8H,1-4H3;2*1-2H3/b22-21-;;;. The van der Waals surface area contributed by atoms with Crippen molar-refractivity contribution >= 4 is 11.6 Å². The maximum atomic E-state index is 4.10. The number of fused-ring (bicyclic) bond motifs is 12. The highest BCUT2D eigenvalue weighted by Gasteiger charge is 2.51. The topological polar surface area (TPSA) is 0 Å². The zero-order valence-electron chi connectivity index (χ0n) is 37.7. The molecule has 0 aliphatic heterocycles. The normalized spacial score (nSPS) is 16.7. The van der Waals surface area contributed by atoms with Crippen LogP contribution in [0.4, 0.5) is 0 Å². The SMILES string of the molecule is C=CCC(/C=C\c1cc2c(c3c1C1=C(C3)C(C)C=C1)-c1ccccc1C21c2ccccc2Cc2ccccc21)C(C)(C)C.CC.CC.Cc1ccc(C(C)(C)C)cc1. The summed E-state index contributed by atoms with van der Waals surface area (Å²) in [5, 5.41) is 0. The first-order valence-corrected chi connectivity index (χ1v) is 22.1. The lowest BCUT2D eigenvalue weighted by molar-refractivity contribution is 0.296. The minimum atomic E-state index is -0.325. The van der Waals surface area contributed by atoms with Gasteiger partial charge in [-0.25, -0.2) is 0 Å². The quantitative estimate of drug-likeness (QED) is 0.157. The van der Waals surface area contributed by atoms with Gasteiger partial charge in [-0.1, -0.05) is 215 Å². The van der Waals surface area contributed by atoms with Gasteiger partial charge < -0.3 is 0 Å². The molecule has 1 spiro atoms. The van der Waals surface area contributed by atoms with Crippen molar-refractivity contribution in [2.75, 3.05) is 0 Å². The third-order valence-corrected chi connectivity index (χ3v) is 12.7. The van der Waals surface area contributed by atoms with Crippen LogP contribution in [0, 0.1) is 24.2 Å². The molecule has 0 saturated carbocycles. The summed E-state index contributed by atoms with van der Waals surface area (Å²) in [5.41, 5.74) is 21.8. The summed E-state index contributed by atoms with van der Waals surface area (Å²) in [6.07, 6.45) is 14.8. The fraction of sp³-hybridized carbons (Fsp3) is 0.345. The van der Waals surface area contributed by atoms with Crippen molar-refractivity contribution in [3.05, 3.63) is 201 Å². The van der Waals surface area contributed by atoms with E-state index in [1.165, 1.54) is 77.9 Å². The van der Waals surface area contributed by atoms with Crippen LogP contribution >= 0.6 is 0 Å². The van der Waals surface area contributed by atoms with Crippen LogP contribution in [0.2, 0.25) is 0 Å². The van der Waals surface area contributed by atoms with Gasteiger partial charge in [0.2, 0.25) is 0 Å². The van der Waals surface area contributed by atoms with Gasteiger partial charge in [0.25, 0.3) is 0 Å². The fourth-order valence-electron chi connectivity index (χ4n) is 9.75. The fourth-order valence-corrected chi connectivity index (χ4v) is 9.75. The zero-order chi connectivity index (χ0) is 42.0. The Morgan fingerprint density at radius 2 is 1.28 bits per heavy atom. The van der Waals surface area contributed by atoms with E-state index in [2.05, 4.69) is 195 Å². The van der Waals surface area contributed by atoms with E-state index >= 15 is 0 Å². The molecule has 0 radical (unpaired) electrons. The van der Waals surface area contributed by atoms with E-state index in [4.69, 9.17) is 0 Å². The Hall–Kier alpha value is -4.94. The lowest BCUT2D eigenvalue weighted by Gasteiger charge is -2.40. The maximum Gasteiger partial charge on any atom is 0.0719 e. The lowest BCUT2D eigenvalue weighted by Crippen LogP contribution is -2.34. The molecule has 5 aromatic rings. The highest BCUT2D eigenvalue weighted by Crippen LogP contribution is 2.62. The van der Waals surface area contributed by atoms with Gasteiger partial charge in [-0.2, -0.15) is 0 Å². The smallest absolute Gasteiger partial charge is 0.0719 e. The van der Waals surface area contributed by atoms with Crippen molar-refractivity contribution in [1.82, 2.24) is 0 Å². The molecule has 0 amide bonds. The third-order valence-electron chi connectivity index (χ3n) is 12.7. The van der Waals surface area contributed by atoms with Crippen LogP contribution in [0.5, 0.6) is 0 Å². The summed E-state index contributed by atoms with van der Waals surface area (Å²) in [6.45, 7) is 30.3. The van der Waals surface area contributed by atoms with Gasteiger partial charge in [-0.3, -0.25) is 0 Å². The first-order chi connectivity index (χ1) is 27.8. The van der Waals surface area contributed by atoms with Gasteiger partial charge in [-0.15, -0.1) is 6.58 Å². The molecule has 0 N–H and O–H groups in total. The summed E-state index contributed by atoms with van der Waals surface area (Å²) in [7, 11) is 0. The first kappa shape index (κ1) is 42.7. The molecule has 0 bridgehead atoms. The summed E-state index contributed by atoms with van der Waals surface area (Å²) in [6, 6.07) is 39.1. The Morgan fingerprint density at radius 1 is 0.707 bits per heavy atom. The number of aryl methyl sites for hydroxylation is 1. The second-order valence-corrected chi connectivity index (χ2v) is 18.3. The second-order valence-electron chi connectivity index (χ2n) is 18.3. The molecule has 2 atom stereocenters. The Morgan fingerprint density at radius 3 is 1.84 bits per heavy atom. The largest absolute Gasteiger partial charge is 0.103 e. The van der Waals surface area contributed by atoms with Crippen LogP contribution in [0.25, 0.3) is 22.8 Å². The van der Waals surface area contributed by atoms with Crippen molar-refractivity contribution in [2.24, 2.45) is 17.3 Å². The van der Waals surface area contributed by atoms with Crippen LogP contribution in [0.3, 0.4) is 0 Å². The van der Waals surface area contributed by atoms with E-state index in [0.29, 0.717) is 11.8 Å². The molecule has 9 rings (SSSR count). The van der Waals surface area contributed by atoms with Crippen LogP contribution in [-0.4, -0.2) is 0 Å². The first-order valence-electron chi connectivity index (χ1n) is 22.1. The highest BCUT2D eigenvalue weighted by atomic mass is 14.5. The predicted molar refractivity (Wildman–Crippen MR) is 255 cm³/mol. The van der Waals surface area contributed by atoms with E-state index in [-0.39, 0.29) is 16.2 Å². The van der Waals surface area contributed by atoms with Gasteiger partial charge >= 0.3 is 0 Å². The molecule has 0 heteroatoms. The van der Waals surface area contributed by atoms with E-state index < -0.39 is 0 Å². The molecule has 5 aromatic carbocycles. The van der Waals surface area contributed by atoms with Gasteiger partial charge in [-0.05, 0) is 127 Å². The minimum Gasteiger partial charge on any atom is -0.103 e. The monoisotopic (exact) mass is 765 g/mol. The van der Waals surface area contributed by atoms with Gasteiger partial charge in [0.15, 0.2) is 0 Å². The summed E-state index contributed by atoms with van der Waals surface area (Å²) in [5.74, 6) is 0.906. The summed E-state index contributed by atoms with van der Waals surface area (Å²) >= 11 is 0. The molecule has 0 saturated heterocycles. The zero-order valence-corrected chi connectivity index (χ0v) is 37.7. The Kier molecular flexibility index (Phi) is 12.6. The number of benzene rings is 5. The molecule has 0 heterocycles. The average molecular weight is 765 g/mol. The molecule has 4 aliphatic rings. The van der Waals surface area contributed by atoms with E-state index in [9.17, 15) is 0 Å². The van der Waals surface area contributed by atoms with Gasteiger partial charge in [0, 0.05) is 0 Å². The Bertz CT molecular complexity index is 2310. The van der Waals surface area contributed by atoms with Crippen LogP contribution in [0.1, 0.15) is 144 Å². The lowest BCUT2D eigenvalue weighted by atomic mass is 9.61. The predicted octanol–water partition coefficient (Wildman–Crippen LogP) is 16.1. The van der Waals surface area contributed by atoms with Crippen molar-refractivity contribution < 1.29 is 0 Å². The molecular formula is C58H68. The van der Waals surface area contributed by atoms with Crippen LogP contribution in [-0.2, 0) is 23.7 Å². The maximum absolute atomic E-state index is 4.10. The van der Waals surface area contributed by atoms with Gasteiger partial charge in [0.1, 0.15) is 0 Å². The number of hydrogen-bond donors (Lipinski definition) is 0. The van der Waals surface area contributed by atoms with Crippen molar-refractivity contribution in [3.63, 3.8) is 0 Å². The van der Waals surface area contributed by atoms with Gasteiger partial charge in [0.05, 0.1) is 5.41 Å². The number of allylic oxidation sites excluding steroid dienone is 6. The molecule has 2 unspecified atom stereocenters. The molecule has 4 aliphatic carbocycles. The summed E-state index contributed by atoms with van der Waals surface area (Å²) in [4.78, 5) is 0. The minimum absolute atomic E-state index is 0.162. The van der Waals surface area contributed by atoms with Crippen LogP contribution < -0.4 is 0 Å². The van der Waals surface area contributed by atoms with Crippen molar-refractivity contribution in [3.8, 4) is 11.1 Å². The van der Waals surface area contributed by atoms with E-state index in [1.54, 1.807) is 5.57 Å².